The predicted octanol–water partition coefficient (Wildman–Crippen LogP) is 1.85. The molecule has 1 aromatic carbocycles. The fraction of sp³-hybridized carbons (Fsp3) is 0.556. The van der Waals surface area contributed by atoms with Gasteiger partial charge in [0.25, 0.3) is 0 Å². The summed E-state index contributed by atoms with van der Waals surface area (Å²) in [7, 11) is -3.81. The van der Waals surface area contributed by atoms with E-state index in [-0.39, 0.29) is 17.4 Å². The molecule has 1 aliphatic heterocycles. The summed E-state index contributed by atoms with van der Waals surface area (Å²) in [5.74, 6) is -1.57. The molecule has 1 fully saturated rings. The molecule has 1 saturated heterocycles. The van der Waals surface area contributed by atoms with Crippen LogP contribution in [-0.2, 0) is 19.6 Å². The van der Waals surface area contributed by atoms with E-state index in [4.69, 9.17) is 0 Å². The predicted molar refractivity (Wildman–Crippen MR) is 97.0 cm³/mol. The Hall–Kier alpha value is -1.93. The van der Waals surface area contributed by atoms with Crippen molar-refractivity contribution in [3.63, 3.8) is 0 Å². The van der Waals surface area contributed by atoms with Crippen LogP contribution in [-0.4, -0.2) is 48.3 Å². The van der Waals surface area contributed by atoms with Gasteiger partial charge in [-0.15, -0.1) is 0 Å². The molecular formula is C18H26N2O5S. The van der Waals surface area contributed by atoms with E-state index in [1.807, 2.05) is 13.8 Å². The van der Waals surface area contributed by atoms with Crippen LogP contribution < -0.4 is 5.32 Å². The van der Waals surface area contributed by atoms with Crippen LogP contribution in [0.4, 0.5) is 0 Å². The van der Waals surface area contributed by atoms with E-state index >= 15 is 0 Å². The summed E-state index contributed by atoms with van der Waals surface area (Å²) in [6.07, 6.45) is 2.07. The van der Waals surface area contributed by atoms with Gasteiger partial charge in [0.05, 0.1) is 4.90 Å². The van der Waals surface area contributed by atoms with Crippen LogP contribution >= 0.6 is 0 Å². The van der Waals surface area contributed by atoms with Crippen molar-refractivity contribution in [3.8, 4) is 0 Å². The molecule has 0 bridgehead atoms. The Morgan fingerprint density at radius 2 is 1.88 bits per heavy atom. The Bertz CT molecular complexity index is 733. The number of rotatable bonds is 7. The van der Waals surface area contributed by atoms with Gasteiger partial charge in [0.1, 0.15) is 12.1 Å². The van der Waals surface area contributed by atoms with Gasteiger partial charge in [0.15, 0.2) is 0 Å². The van der Waals surface area contributed by atoms with Crippen molar-refractivity contribution in [2.75, 3.05) is 6.54 Å². The lowest BCUT2D eigenvalue weighted by Gasteiger charge is -2.34. The zero-order valence-corrected chi connectivity index (χ0v) is 15.9. The third-order valence-corrected chi connectivity index (χ3v) is 6.35. The lowest BCUT2D eigenvalue weighted by molar-refractivity contribution is -0.143. The highest BCUT2D eigenvalue weighted by molar-refractivity contribution is 7.89. The quantitative estimate of drug-likeness (QED) is 0.749. The third kappa shape index (κ3) is 4.82. The largest absolute Gasteiger partial charge is 0.480 e. The third-order valence-electron chi connectivity index (χ3n) is 4.43. The minimum absolute atomic E-state index is 0.0897. The second-order valence-electron chi connectivity index (χ2n) is 6.97. The van der Waals surface area contributed by atoms with Gasteiger partial charge in [-0.2, -0.15) is 4.31 Å². The van der Waals surface area contributed by atoms with E-state index in [9.17, 15) is 23.1 Å². The number of carboxylic acid groups (broad SMARTS) is 1. The standard InChI is InChI=1S/C18H26N2O5S/c1-13(2)12-15(18(22)23)19-17(21)16-10-6-7-11-20(16)26(24,25)14-8-4-3-5-9-14/h3-5,8-9,13,15-16H,6-7,10-12H2,1-2H3,(H,19,21)(H,22,23)/t15-,16?/m1/s1. The van der Waals surface area contributed by atoms with Crippen LogP contribution in [0.15, 0.2) is 35.2 Å². The first kappa shape index (κ1) is 20.4. The number of carbonyl (C=O) groups is 2. The Kier molecular flexibility index (Phi) is 6.77. The summed E-state index contributed by atoms with van der Waals surface area (Å²) >= 11 is 0. The molecule has 0 radical (unpaired) electrons. The van der Waals surface area contributed by atoms with Gasteiger partial charge in [0, 0.05) is 6.54 Å². The summed E-state index contributed by atoms with van der Waals surface area (Å²) in [5.41, 5.74) is 0. The highest BCUT2D eigenvalue weighted by Gasteiger charge is 2.38. The van der Waals surface area contributed by atoms with Gasteiger partial charge in [-0.05, 0) is 37.3 Å². The molecule has 0 spiro atoms. The number of piperidine rings is 1. The molecule has 144 valence electrons. The van der Waals surface area contributed by atoms with E-state index in [2.05, 4.69) is 5.32 Å². The number of benzene rings is 1. The minimum Gasteiger partial charge on any atom is -0.480 e. The fourth-order valence-electron chi connectivity index (χ4n) is 3.14. The Balaban J connectivity index is 2.22. The fourth-order valence-corrected chi connectivity index (χ4v) is 4.82. The molecular weight excluding hydrogens is 356 g/mol. The minimum atomic E-state index is -3.81. The topological polar surface area (TPSA) is 104 Å². The van der Waals surface area contributed by atoms with Crippen LogP contribution in [0.1, 0.15) is 39.5 Å². The highest BCUT2D eigenvalue weighted by Crippen LogP contribution is 2.25. The van der Waals surface area contributed by atoms with Crippen LogP contribution in [0.2, 0.25) is 0 Å². The van der Waals surface area contributed by atoms with Gasteiger partial charge >= 0.3 is 5.97 Å². The van der Waals surface area contributed by atoms with Crippen LogP contribution in [0.3, 0.4) is 0 Å². The molecule has 2 rings (SSSR count). The second kappa shape index (κ2) is 8.64. The van der Waals surface area contributed by atoms with E-state index < -0.39 is 34.0 Å². The first-order valence-corrected chi connectivity index (χ1v) is 10.3. The molecule has 2 N–H and O–H groups in total. The number of carbonyl (C=O) groups excluding carboxylic acids is 1. The molecule has 1 heterocycles. The second-order valence-corrected chi connectivity index (χ2v) is 8.86. The number of hydrogen-bond acceptors (Lipinski definition) is 4. The number of nitrogens with zero attached hydrogens (tertiary/aromatic N) is 1. The van der Waals surface area contributed by atoms with E-state index in [1.165, 1.54) is 16.4 Å². The maximum atomic E-state index is 12.9. The number of amides is 1. The number of nitrogens with one attached hydrogen (secondary N) is 1. The lowest BCUT2D eigenvalue weighted by Crippen LogP contribution is -2.55. The zero-order chi connectivity index (χ0) is 19.3. The van der Waals surface area contributed by atoms with Crippen LogP contribution in [0.25, 0.3) is 0 Å². The van der Waals surface area contributed by atoms with Crippen molar-refractivity contribution in [2.24, 2.45) is 5.92 Å². The highest BCUT2D eigenvalue weighted by atomic mass is 32.2. The first-order chi connectivity index (χ1) is 12.2. The molecule has 0 aromatic heterocycles. The van der Waals surface area contributed by atoms with Crippen molar-refractivity contribution in [2.45, 2.75) is 56.5 Å². The van der Waals surface area contributed by atoms with E-state index in [1.54, 1.807) is 18.2 Å². The van der Waals surface area contributed by atoms with Gasteiger partial charge < -0.3 is 10.4 Å². The smallest absolute Gasteiger partial charge is 0.326 e. The average molecular weight is 382 g/mol. The zero-order valence-electron chi connectivity index (χ0n) is 15.1. The molecule has 1 amide bonds. The van der Waals surface area contributed by atoms with E-state index in [0.717, 1.165) is 6.42 Å². The molecule has 8 heteroatoms. The molecule has 0 saturated carbocycles. The molecule has 26 heavy (non-hydrogen) atoms. The van der Waals surface area contributed by atoms with Crippen LogP contribution in [0.5, 0.6) is 0 Å². The maximum Gasteiger partial charge on any atom is 0.326 e. The number of sulfonamides is 1. The Morgan fingerprint density at radius 3 is 2.46 bits per heavy atom. The van der Waals surface area contributed by atoms with Gasteiger partial charge in [0.2, 0.25) is 15.9 Å². The van der Waals surface area contributed by atoms with Crippen molar-refractivity contribution >= 4 is 21.9 Å². The summed E-state index contributed by atoms with van der Waals surface area (Å²) in [5, 5.41) is 11.9. The number of carboxylic acids is 1. The SMILES string of the molecule is CC(C)C[C@@H](NC(=O)C1CCCCN1S(=O)(=O)c1ccccc1)C(=O)O. The van der Waals surface area contributed by atoms with Gasteiger partial charge in [-0.1, -0.05) is 38.5 Å². The van der Waals surface area contributed by atoms with E-state index in [0.29, 0.717) is 19.3 Å². The number of hydrogen-bond donors (Lipinski definition) is 2. The summed E-state index contributed by atoms with van der Waals surface area (Å²) < 4.78 is 27.1. The molecule has 0 aliphatic carbocycles. The lowest BCUT2D eigenvalue weighted by atomic mass is 10.0. The molecule has 1 aromatic rings. The Labute approximate surface area is 154 Å². The average Bonchev–Trinajstić information content (AvgIpc) is 2.61. The maximum absolute atomic E-state index is 12.9. The molecule has 2 atom stereocenters. The molecule has 1 unspecified atom stereocenters. The Morgan fingerprint density at radius 1 is 1.23 bits per heavy atom. The normalized spacial score (nSPS) is 19.9. The summed E-state index contributed by atoms with van der Waals surface area (Å²) in [6.45, 7) is 3.99. The summed E-state index contributed by atoms with van der Waals surface area (Å²) in [6, 6.07) is 6.08. The molecule has 1 aliphatic rings. The molecule has 7 nitrogen and oxygen atoms in total. The van der Waals surface area contributed by atoms with Crippen molar-refractivity contribution < 1.29 is 23.1 Å². The van der Waals surface area contributed by atoms with Gasteiger partial charge in [-0.25, -0.2) is 13.2 Å². The van der Waals surface area contributed by atoms with Crippen molar-refractivity contribution in [3.05, 3.63) is 30.3 Å². The van der Waals surface area contributed by atoms with Crippen molar-refractivity contribution in [1.82, 2.24) is 9.62 Å². The van der Waals surface area contributed by atoms with Crippen LogP contribution in [0, 0.1) is 5.92 Å². The van der Waals surface area contributed by atoms with Gasteiger partial charge in [-0.3, -0.25) is 4.79 Å². The summed E-state index contributed by atoms with van der Waals surface area (Å²) in [4.78, 5) is 24.2. The first-order valence-electron chi connectivity index (χ1n) is 8.83. The van der Waals surface area contributed by atoms with Crippen molar-refractivity contribution in [1.29, 1.82) is 0 Å². The number of aliphatic carboxylic acids is 1. The monoisotopic (exact) mass is 382 g/mol.